The number of H-pyrrole nitrogens is 1. The number of methoxy groups -OCH3 is 1. The van der Waals surface area contributed by atoms with Gasteiger partial charge in [0.05, 0.1) is 36.8 Å². The van der Waals surface area contributed by atoms with Gasteiger partial charge in [-0.3, -0.25) is 14.5 Å². The predicted octanol–water partition coefficient (Wildman–Crippen LogP) is 2.22. The van der Waals surface area contributed by atoms with E-state index < -0.39 is 45.3 Å². The third-order valence-corrected chi connectivity index (χ3v) is 8.50. The number of fused-ring (bicyclic) bond motifs is 1. The summed E-state index contributed by atoms with van der Waals surface area (Å²) in [5, 5.41) is 4.66. The predicted molar refractivity (Wildman–Crippen MR) is 149 cm³/mol. The van der Waals surface area contributed by atoms with Crippen molar-refractivity contribution < 1.29 is 27.5 Å². The molecule has 212 valence electrons. The lowest BCUT2D eigenvalue weighted by atomic mass is 10.0. The molecule has 1 saturated heterocycles. The first-order valence-corrected chi connectivity index (χ1v) is 14.4. The molecular formula is C28H28N6O6S. The van der Waals surface area contributed by atoms with Crippen molar-refractivity contribution >= 4 is 39.0 Å². The van der Waals surface area contributed by atoms with E-state index in [1.54, 1.807) is 42.7 Å². The molecule has 1 aliphatic rings. The molecule has 3 amide bonds. The fourth-order valence-corrected chi connectivity index (χ4v) is 6.18. The molecule has 2 unspecified atom stereocenters. The molecule has 0 radical (unpaired) electrons. The number of aromatic nitrogens is 3. The molecule has 5 rings (SSSR count). The maximum atomic E-state index is 13.2. The molecule has 12 nitrogen and oxygen atoms in total. The number of hydrogen-bond donors (Lipinski definition) is 4. The van der Waals surface area contributed by atoms with Crippen molar-refractivity contribution in [3.63, 3.8) is 0 Å². The van der Waals surface area contributed by atoms with Gasteiger partial charge in [0.2, 0.25) is 15.9 Å². The highest BCUT2D eigenvalue weighted by Gasteiger charge is 2.37. The summed E-state index contributed by atoms with van der Waals surface area (Å²) in [7, 11) is -2.50. The van der Waals surface area contributed by atoms with Crippen LogP contribution in [0.15, 0.2) is 73.1 Å². The van der Waals surface area contributed by atoms with E-state index in [4.69, 9.17) is 4.74 Å². The monoisotopic (exact) mass is 576 g/mol. The van der Waals surface area contributed by atoms with Crippen LogP contribution in [0.5, 0.6) is 0 Å². The first-order valence-electron chi connectivity index (χ1n) is 12.8. The Labute approximate surface area is 236 Å². The summed E-state index contributed by atoms with van der Waals surface area (Å²) in [4.78, 5) is 49.2. The van der Waals surface area contributed by atoms with E-state index in [9.17, 15) is 22.8 Å². The van der Waals surface area contributed by atoms with Crippen molar-refractivity contribution in [2.75, 3.05) is 7.11 Å². The van der Waals surface area contributed by atoms with E-state index in [1.807, 2.05) is 35.1 Å². The minimum absolute atomic E-state index is 0.136. The molecule has 13 heteroatoms. The number of hydrogen-bond acceptors (Lipinski definition) is 8. The first kappa shape index (κ1) is 27.8. The van der Waals surface area contributed by atoms with E-state index in [2.05, 4.69) is 25.6 Å². The van der Waals surface area contributed by atoms with Crippen molar-refractivity contribution in [1.29, 1.82) is 0 Å². The Bertz CT molecular complexity index is 1640. The second-order valence-corrected chi connectivity index (χ2v) is 11.5. The van der Waals surface area contributed by atoms with Crippen LogP contribution in [-0.2, 0) is 37.2 Å². The van der Waals surface area contributed by atoms with Gasteiger partial charge in [0.1, 0.15) is 17.1 Å². The number of aromatic amines is 1. The Balaban J connectivity index is 1.36. The molecular weight excluding hydrogens is 548 g/mol. The van der Waals surface area contributed by atoms with Gasteiger partial charge in [-0.1, -0.05) is 54.6 Å². The highest BCUT2D eigenvalue weighted by atomic mass is 32.2. The molecule has 4 N–H and O–H groups in total. The number of amides is 3. The Morgan fingerprint density at radius 1 is 1.02 bits per heavy atom. The van der Waals surface area contributed by atoms with Crippen LogP contribution in [-0.4, -0.2) is 54.4 Å². The van der Waals surface area contributed by atoms with Crippen LogP contribution in [0.4, 0.5) is 4.79 Å². The lowest BCUT2D eigenvalue weighted by Crippen LogP contribution is -2.48. The van der Waals surface area contributed by atoms with Crippen molar-refractivity contribution in [3.05, 3.63) is 95.6 Å². The molecule has 4 aromatic rings. The van der Waals surface area contributed by atoms with Gasteiger partial charge in [0.15, 0.2) is 0 Å². The number of benzene rings is 2. The van der Waals surface area contributed by atoms with Crippen LogP contribution >= 0.6 is 0 Å². The topological polar surface area (TPSA) is 172 Å². The summed E-state index contributed by atoms with van der Waals surface area (Å²) in [6.45, 7) is 0. The summed E-state index contributed by atoms with van der Waals surface area (Å²) in [6.07, 6.45) is 3.63. The zero-order valence-corrected chi connectivity index (χ0v) is 22.9. The van der Waals surface area contributed by atoms with E-state index in [1.165, 1.54) is 7.11 Å². The molecule has 2 aromatic carbocycles. The number of esters is 1. The molecule has 41 heavy (non-hydrogen) atoms. The largest absolute Gasteiger partial charge is 0.467 e. The number of sulfonamides is 1. The molecule has 0 spiro atoms. The molecule has 2 aromatic heterocycles. The Hall–Kier alpha value is -4.78. The number of nitrogens with zero attached hydrogens (tertiary/aromatic N) is 2. The van der Waals surface area contributed by atoms with Crippen molar-refractivity contribution in [2.24, 2.45) is 0 Å². The Morgan fingerprint density at radius 2 is 1.76 bits per heavy atom. The van der Waals surface area contributed by atoms with Crippen LogP contribution in [0.3, 0.4) is 0 Å². The second-order valence-electron chi connectivity index (χ2n) is 9.66. The summed E-state index contributed by atoms with van der Waals surface area (Å²) in [5.41, 5.74) is 3.47. The normalized spacial score (nSPS) is 17.4. The number of urea groups is 1. The maximum absolute atomic E-state index is 13.2. The molecule has 1 aliphatic heterocycles. The zero-order chi connectivity index (χ0) is 29.0. The molecule has 0 aliphatic carbocycles. The smallest absolute Gasteiger partial charge is 0.328 e. The Kier molecular flexibility index (Phi) is 7.97. The quantitative estimate of drug-likeness (QED) is 0.220. The summed E-state index contributed by atoms with van der Waals surface area (Å²) in [6, 6.07) is 15.6. The Morgan fingerprint density at radius 3 is 2.41 bits per heavy atom. The number of pyridine rings is 1. The first-order chi connectivity index (χ1) is 19.7. The number of ether oxygens (including phenoxy) is 1. The van der Waals surface area contributed by atoms with Crippen LogP contribution in [0.1, 0.15) is 40.2 Å². The fourth-order valence-electron chi connectivity index (χ4n) is 4.75. The summed E-state index contributed by atoms with van der Waals surface area (Å²) < 4.78 is 31.5. The maximum Gasteiger partial charge on any atom is 0.328 e. The van der Waals surface area contributed by atoms with E-state index in [0.717, 1.165) is 11.1 Å². The number of nitrogens with one attached hydrogen (secondary N) is 4. The third-order valence-electron chi connectivity index (χ3n) is 6.80. The van der Waals surface area contributed by atoms with Crippen molar-refractivity contribution in [1.82, 2.24) is 30.3 Å². The van der Waals surface area contributed by atoms with Gasteiger partial charge in [-0.25, -0.2) is 23.0 Å². The minimum Gasteiger partial charge on any atom is -0.467 e. The van der Waals surface area contributed by atoms with Crippen LogP contribution in [0.25, 0.3) is 11.0 Å². The molecule has 3 heterocycles. The zero-order valence-electron chi connectivity index (χ0n) is 22.0. The van der Waals surface area contributed by atoms with Gasteiger partial charge in [0, 0.05) is 12.6 Å². The SMILES string of the molecule is COC(=O)[C@@H](Cc1ccccc1)NC(=O)NC(Cc1ccc(C2CC(=O)NS2(=O)=O)cc1)c1nc2ccncc2[nH]1. The molecule has 3 atom stereocenters. The average molecular weight is 577 g/mol. The standard InChI is InChI=1S/C28H28N6O6S/c1-40-27(36)22(14-17-5-3-2-4-6-17)33-28(37)32-21(26-30-20-11-12-29-16-23(20)31-26)13-18-7-9-19(10-8-18)24-15-25(35)34-41(24,38)39/h2-12,16,21-22,24H,13-15H2,1H3,(H,30,31)(H,34,35)(H2,32,33,37)/t21?,22-,24?/m1/s1. The summed E-state index contributed by atoms with van der Waals surface area (Å²) >= 11 is 0. The van der Waals surface area contributed by atoms with Crippen LogP contribution in [0, 0.1) is 0 Å². The molecule has 0 bridgehead atoms. The number of carbonyl (C=O) groups excluding carboxylic acids is 3. The van der Waals surface area contributed by atoms with Crippen molar-refractivity contribution in [3.8, 4) is 0 Å². The second kappa shape index (κ2) is 11.8. The van der Waals surface area contributed by atoms with Crippen LogP contribution < -0.4 is 15.4 Å². The third kappa shape index (κ3) is 6.52. The van der Waals surface area contributed by atoms with Crippen molar-refractivity contribution in [2.45, 2.75) is 36.6 Å². The molecule has 0 saturated carbocycles. The minimum atomic E-state index is -3.77. The highest BCUT2D eigenvalue weighted by molar-refractivity contribution is 7.90. The average Bonchev–Trinajstić information content (AvgIpc) is 3.52. The van der Waals surface area contributed by atoms with Gasteiger partial charge >= 0.3 is 12.0 Å². The van der Waals surface area contributed by atoms with E-state index >= 15 is 0 Å². The highest BCUT2D eigenvalue weighted by Crippen LogP contribution is 2.30. The fraction of sp³-hybridized carbons (Fsp3) is 0.250. The number of carbonyl (C=O) groups is 3. The van der Waals surface area contributed by atoms with Crippen LogP contribution in [0.2, 0.25) is 0 Å². The number of imidazole rings is 1. The number of rotatable bonds is 9. The lowest BCUT2D eigenvalue weighted by molar-refractivity contribution is -0.142. The summed E-state index contributed by atoms with van der Waals surface area (Å²) in [5.74, 6) is -0.648. The van der Waals surface area contributed by atoms with Gasteiger partial charge in [-0.2, -0.15) is 0 Å². The molecule has 1 fully saturated rings. The van der Waals surface area contributed by atoms with E-state index in [0.29, 0.717) is 22.4 Å². The van der Waals surface area contributed by atoms with E-state index in [-0.39, 0.29) is 19.3 Å². The van der Waals surface area contributed by atoms with Gasteiger partial charge in [-0.05, 0) is 29.2 Å². The van der Waals surface area contributed by atoms with Gasteiger partial charge < -0.3 is 20.4 Å². The lowest BCUT2D eigenvalue weighted by Gasteiger charge is -2.21. The van der Waals surface area contributed by atoms with Gasteiger partial charge in [-0.15, -0.1) is 0 Å². The van der Waals surface area contributed by atoms with Gasteiger partial charge in [0.25, 0.3) is 0 Å².